The van der Waals surface area contributed by atoms with Crippen LogP contribution in [0.15, 0.2) is 60.8 Å². The van der Waals surface area contributed by atoms with Crippen LogP contribution in [0, 0.1) is 20.8 Å². The standard InChI is InChI=1S/C23H22ClN5O/c1-15-21(16(2)29(27-15)19-7-5-4-6-8-19)13-25-23(30)22-14-26-28(17(22)3)20-11-9-18(24)10-12-20/h4-12,14H,13H2,1-3H3,(H,25,30). The van der Waals surface area contributed by atoms with Gasteiger partial charge in [-0.1, -0.05) is 29.8 Å². The van der Waals surface area contributed by atoms with E-state index in [-0.39, 0.29) is 5.91 Å². The number of halogens is 1. The van der Waals surface area contributed by atoms with E-state index in [2.05, 4.69) is 15.5 Å². The zero-order valence-corrected chi connectivity index (χ0v) is 17.8. The first-order valence-corrected chi connectivity index (χ1v) is 10.0. The van der Waals surface area contributed by atoms with E-state index in [4.69, 9.17) is 11.6 Å². The molecule has 0 bridgehead atoms. The van der Waals surface area contributed by atoms with E-state index in [0.29, 0.717) is 17.1 Å². The van der Waals surface area contributed by atoms with Gasteiger partial charge in [-0.15, -0.1) is 0 Å². The van der Waals surface area contributed by atoms with Gasteiger partial charge in [0.25, 0.3) is 5.91 Å². The van der Waals surface area contributed by atoms with Crippen molar-refractivity contribution in [2.45, 2.75) is 27.3 Å². The number of para-hydroxylation sites is 1. The predicted molar refractivity (Wildman–Crippen MR) is 118 cm³/mol. The van der Waals surface area contributed by atoms with E-state index in [1.807, 2.05) is 67.9 Å². The van der Waals surface area contributed by atoms with Crippen LogP contribution in [0.1, 0.15) is 33.0 Å². The van der Waals surface area contributed by atoms with E-state index in [1.165, 1.54) is 0 Å². The molecule has 2 heterocycles. The van der Waals surface area contributed by atoms with Crippen molar-refractivity contribution in [3.05, 3.63) is 94.0 Å². The molecular weight excluding hydrogens is 398 g/mol. The molecule has 4 aromatic rings. The number of amides is 1. The van der Waals surface area contributed by atoms with Crippen LogP contribution in [0.5, 0.6) is 0 Å². The SMILES string of the molecule is Cc1nn(-c2ccccc2)c(C)c1CNC(=O)c1cnn(-c2ccc(Cl)cc2)c1C. The summed E-state index contributed by atoms with van der Waals surface area (Å²) in [7, 11) is 0. The second-order valence-corrected chi connectivity index (χ2v) is 7.55. The van der Waals surface area contributed by atoms with Crippen LogP contribution in [-0.2, 0) is 6.54 Å². The number of hydrogen-bond acceptors (Lipinski definition) is 3. The minimum atomic E-state index is -0.168. The highest BCUT2D eigenvalue weighted by Crippen LogP contribution is 2.19. The van der Waals surface area contributed by atoms with Crippen LogP contribution < -0.4 is 5.32 Å². The lowest BCUT2D eigenvalue weighted by Crippen LogP contribution is -2.24. The summed E-state index contributed by atoms with van der Waals surface area (Å²) < 4.78 is 3.63. The van der Waals surface area contributed by atoms with Gasteiger partial charge in [-0.05, 0) is 57.2 Å². The van der Waals surface area contributed by atoms with Crippen molar-refractivity contribution in [3.63, 3.8) is 0 Å². The summed E-state index contributed by atoms with van der Waals surface area (Å²) in [5.41, 5.74) is 6.06. The number of nitrogens with zero attached hydrogens (tertiary/aromatic N) is 4. The minimum Gasteiger partial charge on any atom is -0.348 e. The summed E-state index contributed by atoms with van der Waals surface area (Å²) in [6.07, 6.45) is 1.59. The Morgan fingerprint density at radius 1 is 0.933 bits per heavy atom. The second-order valence-electron chi connectivity index (χ2n) is 7.11. The number of hydrogen-bond donors (Lipinski definition) is 1. The van der Waals surface area contributed by atoms with E-state index in [9.17, 15) is 4.79 Å². The fourth-order valence-electron chi connectivity index (χ4n) is 3.49. The van der Waals surface area contributed by atoms with Crippen LogP contribution in [0.2, 0.25) is 5.02 Å². The number of carbonyl (C=O) groups is 1. The molecule has 4 rings (SSSR count). The first-order valence-electron chi connectivity index (χ1n) is 9.65. The van der Waals surface area contributed by atoms with Crippen molar-refractivity contribution < 1.29 is 4.79 Å². The maximum atomic E-state index is 12.8. The minimum absolute atomic E-state index is 0.168. The molecule has 0 spiro atoms. The Hall–Kier alpha value is -3.38. The van der Waals surface area contributed by atoms with E-state index in [1.54, 1.807) is 23.0 Å². The molecule has 2 aromatic carbocycles. The monoisotopic (exact) mass is 419 g/mol. The number of nitrogens with one attached hydrogen (secondary N) is 1. The van der Waals surface area contributed by atoms with Gasteiger partial charge in [-0.3, -0.25) is 4.79 Å². The highest BCUT2D eigenvalue weighted by Gasteiger charge is 2.17. The Bertz CT molecular complexity index is 1190. The number of aryl methyl sites for hydroxylation is 1. The van der Waals surface area contributed by atoms with Gasteiger partial charge in [-0.25, -0.2) is 9.36 Å². The quantitative estimate of drug-likeness (QED) is 0.515. The molecule has 0 aliphatic carbocycles. The summed E-state index contributed by atoms with van der Waals surface area (Å²) in [6, 6.07) is 17.3. The molecule has 152 valence electrons. The molecule has 0 atom stereocenters. The van der Waals surface area contributed by atoms with Gasteiger partial charge in [0, 0.05) is 22.8 Å². The lowest BCUT2D eigenvalue weighted by Gasteiger charge is -2.08. The summed E-state index contributed by atoms with van der Waals surface area (Å²) in [4.78, 5) is 12.8. The van der Waals surface area contributed by atoms with Gasteiger partial charge in [-0.2, -0.15) is 10.2 Å². The normalized spacial score (nSPS) is 10.9. The molecule has 0 saturated heterocycles. The van der Waals surface area contributed by atoms with Gasteiger partial charge >= 0.3 is 0 Å². The largest absolute Gasteiger partial charge is 0.348 e. The maximum absolute atomic E-state index is 12.8. The van der Waals surface area contributed by atoms with Crippen LogP contribution in [0.4, 0.5) is 0 Å². The highest BCUT2D eigenvalue weighted by atomic mass is 35.5. The Kier molecular flexibility index (Phi) is 5.42. The van der Waals surface area contributed by atoms with Crippen molar-refractivity contribution in [2.24, 2.45) is 0 Å². The molecule has 0 radical (unpaired) electrons. The Balaban J connectivity index is 1.52. The molecule has 7 heteroatoms. The molecule has 0 aliphatic heterocycles. The first-order chi connectivity index (χ1) is 14.5. The van der Waals surface area contributed by atoms with Crippen LogP contribution in [0.25, 0.3) is 11.4 Å². The molecule has 2 aromatic heterocycles. The van der Waals surface area contributed by atoms with Gasteiger partial charge in [0.1, 0.15) is 0 Å². The van der Waals surface area contributed by atoms with E-state index in [0.717, 1.165) is 34.0 Å². The number of benzene rings is 2. The lowest BCUT2D eigenvalue weighted by atomic mass is 10.2. The lowest BCUT2D eigenvalue weighted by molar-refractivity contribution is 0.0950. The summed E-state index contributed by atoms with van der Waals surface area (Å²) in [6.45, 7) is 6.24. The topological polar surface area (TPSA) is 64.7 Å². The predicted octanol–water partition coefficient (Wildman–Crippen LogP) is 4.57. The first kappa shape index (κ1) is 19.9. The van der Waals surface area contributed by atoms with Crippen molar-refractivity contribution in [2.75, 3.05) is 0 Å². The van der Waals surface area contributed by atoms with Crippen molar-refractivity contribution >= 4 is 17.5 Å². The third-order valence-electron chi connectivity index (χ3n) is 5.19. The van der Waals surface area contributed by atoms with Gasteiger partial charge < -0.3 is 5.32 Å². The molecular formula is C23H22ClN5O. The van der Waals surface area contributed by atoms with E-state index < -0.39 is 0 Å². The molecule has 30 heavy (non-hydrogen) atoms. The van der Waals surface area contributed by atoms with Crippen molar-refractivity contribution in [1.82, 2.24) is 24.9 Å². The van der Waals surface area contributed by atoms with Gasteiger partial charge in [0.15, 0.2) is 0 Å². The average molecular weight is 420 g/mol. The summed E-state index contributed by atoms with van der Waals surface area (Å²) >= 11 is 5.96. The zero-order chi connectivity index (χ0) is 21.3. The van der Waals surface area contributed by atoms with Gasteiger partial charge in [0.2, 0.25) is 0 Å². The smallest absolute Gasteiger partial charge is 0.255 e. The molecule has 0 aliphatic rings. The molecule has 0 saturated carbocycles. The zero-order valence-electron chi connectivity index (χ0n) is 17.1. The molecule has 1 N–H and O–H groups in total. The van der Waals surface area contributed by atoms with Crippen LogP contribution in [-0.4, -0.2) is 25.5 Å². The maximum Gasteiger partial charge on any atom is 0.255 e. The van der Waals surface area contributed by atoms with Crippen LogP contribution >= 0.6 is 11.6 Å². The second kappa shape index (κ2) is 8.16. The fraction of sp³-hybridized carbons (Fsp3) is 0.174. The van der Waals surface area contributed by atoms with Crippen LogP contribution in [0.3, 0.4) is 0 Å². The molecule has 1 amide bonds. The molecule has 0 fully saturated rings. The van der Waals surface area contributed by atoms with E-state index >= 15 is 0 Å². The third-order valence-corrected chi connectivity index (χ3v) is 5.45. The van der Waals surface area contributed by atoms with Crippen molar-refractivity contribution in [3.8, 4) is 11.4 Å². The molecule has 6 nitrogen and oxygen atoms in total. The number of rotatable bonds is 5. The Labute approximate surface area is 180 Å². The summed E-state index contributed by atoms with van der Waals surface area (Å²) in [5, 5.41) is 12.7. The Morgan fingerprint density at radius 3 is 2.30 bits per heavy atom. The average Bonchev–Trinajstić information content (AvgIpc) is 3.27. The highest BCUT2D eigenvalue weighted by molar-refractivity contribution is 6.30. The fourth-order valence-corrected chi connectivity index (χ4v) is 3.62. The summed E-state index contributed by atoms with van der Waals surface area (Å²) in [5.74, 6) is -0.168. The third kappa shape index (κ3) is 3.74. The number of aromatic nitrogens is 4. The molecule has 0 unspecified atom stereocenters. The number of carbonyl (C=O) groups excluding carboxylic acids is 1. The van der Waals surface area contributed by atoms with Crippen molar-refractivity contribution in [1.29, 1.82) is 0 Å². The Morgan fingerprint density at radius 2 is 1.60 bits per heavy atom. The van der Waals surface area contributed by atoms with Gasteiger partial charge in [0.05, 0.1) is 34.5 Å².